The lowest BCUT2D eigenvalue weighted by Gasteiger charge is -2.18. The van der Waals surface area contributed by atoms with Gasteiger partial charge in [0.1, 0.15) is 0 Å². The standard InChI is InChI=1S/C10H17N3O/c1-3-13(4-2)10(14)6-5-9-7-11-8-12-9/h7-8H,3-6H2,1-2H3,(H,11,12). The number of H-pyrrole nitrogens is 1. The molecule has 0 saturated heterocycles. The van der Waals surface area contributed by atoms with Crippen LogP contribution in [-0.4, -0.2) is 33.9 Å². The fraction of sp³-hybridized carbons (Fsp3) is 0.600. The maximum Gasteiger partial charge on any atom is 0.222 e. The summed E-state index contributed by atoms with van der Waals surface area (Å²) in [5.74, 6) is 0.213. The zero-order valence-corrected chi connectivity index (χ0v) is 8.79. The van der Waals surface area contributed by atoms with Crippen LogP contribution < -0.4 is 0 Å². The number of aryl methyl sites for hydroxylation is 1. The van der Waals surface area contributed by atoms with E-state index in [4.69, 9.17) is 0 Å². The van der Waals surface area contributed by atoms with Gasteiger partial charge >= 0.3 is 0 Å². The van der Waals surface area contributed by atoms with Gasteiger partial charge in [-0.25, -0.2) is 4.98 Å². The van der Waals surface area contributed by atoms with Crippen LogP contribution in [0.3, 0.4) is 0 Å². The van der Waals surface area contributed by atoms with Crippen LogP contribution in [0.5, 0.6) is 0 Å². The second kappa shape index (κ2) is 5.42. The van der Waals surface area contributed by atoms with Crippen molar-refractivity contribution < 1.29 is 4.79 Å². The van der Waals surface area contributed by atoms with Crippen molar-refractivity contribution in [2.45, 2.75) is 26.7 Å². The molecule has 0 unspecified atom stereocenters. The third-order valence-electron chi connectivity index (χ3n) is 2.28. The highest BCUT2D eigenvalue weighted by atomic mass is 16.2. The molecule has 0 radical (unpaired) electrons. The molecule has 1 amide bonds. The van der Waals surface area contributed by atoms with Gasteiger partial charge in [-0.05, 0) is 20.3 Å². The third-order valence-corrected chi connectivity index (χ3v) is 2.28. The maximum absolute atomic E-state index is 11.6. The summed E-state index contributed by atoms with van der Waals surface area (Å²) in [6.45, 7) is 5.58. The lowest BCUT2D eigenvalue weighted by atomic mass is 10.2. The number of aromatic nitrogens is 2. The molecule has 1 rings (SSSR count). The van der Waals surface area contributed by atoms with Crippen LogP contribution in [0.4, 0.5) is 0 Å². The first-order valence-electron chi connectivity index (χ1n) is 5.03. The summed E-state index contributed by atoms with van der Waals surface area (Å²) < 4.78 is 0. The topological polar surface area (TPSA) is 49.0 Å². The van der Waals surface area contributed by atoms with Crippen LogP contribution in [0.2, 0.25) is 0 Å². The number of nitrogens with one attached hydrogen (secondary N) is 1. The molecule has 0 aliphatic rings. The minimum atomic E-state index is 0.213. The first-order chi connectivity index (χ1) is 6.77. The van der Waals surface area contributed by atoms with Gasteiger partial charge < -0.3 is 9.88 Å². The Morgan fingerprint density at radius 1 is 1.50 bits per heavy atom. The van der Waals surface area contributed by atoms with E-state index < -0.39 is 0 Å². The van der Waals surface area contributed by atoms with E-state index >= 15 is 0 Å². The molecule has 0 fully saturated rings. The summed E-state index contributed by atoms with van der Waals surface area (Å²) in [5.41, 5.74) is 1.02. The summed E-state index contributed by atoms with van der Waals surface area (Å²) in [5, 5.41) is 0. The quantitative estimate of drug-likeness (QED) is 0.767. The molecular weight excluding hydrogens is 178 g/mol. The number of hydrogen-bond donors (Lipinski definition) is 1. The fourth-order valence-corrected chi connectivity index (χ4v) is 1.40. The zero-order valence-electron chi connectivity index (χ0n) is 8.79. The Hall–Kier alpha value is -1.32. The molecule has 0 aliphatic heterocycles. The summed E-state index contributed by atoms with van der Waals surface area (Å²) in [4.78, 5) is 20.3. The van der Waals surface area contributed by atoms with Crippen molar-refractivity contribution in [2.75, 3.05) is 13.1 Å². The van der Waals surface area contributed by atoms with Gasteiger partial charge in [0.2, 0.25) is 5.91 Å². The van der Waals surface area contributed by atoms with E-state index in [-0.39, 0.29) is 5.91 Å². The van der Waals surface area contributed by atoms with E-state index in [1.807, 2.05) is 18.7 Å². The third kappa shape index (κ3) is 2.87. The smallest absolute Gasteiger partial charge is 0.222 e. The molecule has 1 N–H and O–H groups in total. The summed E-state index contributed by atoms with van der Waals surface area (Å²) in [7, 11) is 0. The predicted octanol–water partition coefficient (Wildman–Crippen LogP) is 1.21. The van der Waals surface area contributed by atoms with Crippen LogP contribution in [-0.2, 0) is 11.2 Å². The molecule has 1 heterocycles. The van der Waals surface area contributed by atoms with Gasteiger partial charge in [-0.15, -0.1) is 0 Å². The number of hydrogen-bond acceptors (Lipinski definition) is 2. The van der Waals surface area contributed by atoms with Crippen molar-refractivity contribution in [3.8, 4) is 0 Å². The molecule has 4 nitrogen and oxygen atoms in total. The molecule has 1 aromatic heterocycles. The lowest BCUT2D eigenvalue weighted by molar-refractivity contribution is -0.130. The van der Waals surface area contributed by atoms with Crippen molar-refractivity contribution >= 4 is 5.91 Å². The average molecular weight is 195 g/mol. The number of aromatic amines is 1. The Bertz CT molecular complexity index is 265. The van der Waals surface area contributed by atoms with Crippen LogP contribution in [0.1, 0.15) is 26.0 Å². The molecule has 4 heteroatoms. The molecule has 1 aromatic rings. The minimum absolute atomic E-state index is 0.213. The van der Waals surface area contributed by atoms with Crippen LogP contribution >= 0.6 is 0 Å². The lowest BCUT2D eigenvalue weighted by Crippen LogP contribution is -2.30. The Kier molecular flexibility index (Phi) is 4.16. The predicted molar refractivity (Wildman–Crippen MR) is 54.8 cm³/mol. The monoisotopic (exact) mass is 195 g/mol. The highest BCUT2D eigenvalue weighted by molar-refractivity contribution is 5.76. The second-order valence-corrected chi connectivity index (χ2v) is 3.14. The highest BCUT2D eigenvalue weighted by Gasteiger charge is 2.09. The van der Waals surface area contributed by atoms with Gasteiger partial charge in [0.15, 0.2) is 0 Å². The Morgan fingerprint density at radius 2 is 2.21 bits per heavy atom. The number of carbonyl (C=O) groups is 1. The number of imidazole rings is 1. The van der Waals surface area contributed by atoms with Crippen LogP contribution in [0, 0.1) is 0 Å². The van der Waals surface area contributed by atoms with Gasteiger partial charge in [-0.2, -0.15) is 0 Å². The molecule has 0 atom stereocenters. The van der Waals surface area contributed by atoms with E-state index in [1.165, 1.54) is 0 Å². The van der Waals surface area contributed by atoms with E-state index in [0.29, 0.717) is 6.42 Å². The van der Waals surface area contributed by atoms with E-state index in [0.717, 1.165) is 25.2 Å². The summed E-state index contributed by atoms with van der Waals surface area (Å²) in [6, 6.07) is 0. The molecular formula is C10H17N3O. The molecule has 0 saturated carbocycles. The minimum Gasteiger partial charge on any atom is -0.348 e. The van der Waals surface area contributed by atoms with Crippen molar-refractivity contribution in [3.05, 3.63) is 18.2 Å². The second-order valence-electron chi connectivity index (χ2n) is 3.14. The molecule has 0 spiro atoms. The molecule has 0 aliphatic carbocycles. The largest absolute Gasteiger partial charge is 0.348 e. The highest BCUT2D eigenvalue weighted by Crippen LogP contribution is 2.00. The number of nitrogens with zero attached hydrogens (tertiary/aromatic N) is 2. The van der Waals surface area contributed by atoms with Crippen molar-refractivity contribution in [1.29, 1.82) is 0 Å². The Morgan fingerprint density at radius 3 is 2.71 bits per heavy atom. The molecule has 78 valence electrons. The Labute approximate surface area is 84.3 Å². The zero-order chi connectivity index (χ0) is 10.4. The van der Waals surface area contributed by atoms with Crippen LogP contribution in [0.15, 0.2) is 12.5 Å². The van der Waals surface area contributed by atoms with Gasteiger partial charge in [-0.1, -0.05) is 0 Å². The van der Waals surface area contributed by atoms with E-state index in [2.05, 4.69) is 9.97 Å². The van der Waals surface area contributed by atoms with Crippen molar-refractivity contribution in [3.63, 3.8) is 0 Å². The van der Waals surface area contributed by atoms with Crippen LogP contribution in [0.25, 0.3) is 0 Å². The molecule has 0 bridgehead atoms. The average Bonchev–Trinajstić information content (AvgIpc) is 2.69. The van der Waals surface area contributed by atoms with E-state index in [1.54, 1.807) is 12.5 Å². The molecule has 14 heavy (non-hydrogen) atoms. The van der Waals surface area contributed by atoms with Gasteiger partial charge in [0, 0.05) is 31.4 Å². The Balaban J connectivity index is 2.34. The van der Waals surface area contributed by atoms with E-state index in [9.17, 15) is 4.79 Å². The van der Waals surface area contributed by atoms with Crippen molar-refractivity contribution in [1.82, 2.24) is 14.9 Å². The van der Waals surface area contributed by atoms with Gasteiger partial charge in [0.25, 0.3) is 0 Å². The van der Waals surface area contributed by atoms with Gasteiger partial charge in [-0.3, -0.25) is 4.79 Å². The number of carbonyl (C=O) groups excluding carboxylic acids is 1. The first-order valence-corrected chi connectivity index (χ1v) is 5.03. The number of rotatable bonds is 5. The normalized spacial score (nSPS) is 10.1. The fourth-order valence-electron chi connectivity index (χ4n) is 1.40. The van der Waals surface area contributed by atoms with Crippen molar-refractivity contribution in [2.24, 2.45) is 0 Å². The number of amides is 1. The maximum atomic E-state index is 11.6. The summed E-state index contributed by atoms with van der Waals surface area (Å²) >= 11 is 0. The molecule has 0 aromatic carbocycles. The SMILES string of the molecule is CCN(CC)C(=O)CCc1cnc[nH]1. The summed E-state index contributed by atoms with van der Waals surface area (Å²) in [6.07, 6.45) is 4.70. The van der Waals surface area contributed by atoms with Gasteiger partial charge in [0.05, 0.1) is 6.33 Å². The first kappa shape index (κ1) is 10.8.